The maximum Gasteiger partial charge on any atom is 0.419 e. The Morgan fingerprint density at radius 3 is 2.71 bits per heavy atom. The second-order valence-electron chi connectivity index (χ2n) is 6.92. The molecule has 7 nitrogen and oxygen atoms in total. The molecule has 0 unspecified atom stereocenters. The molecule has 0 saturated carbocycles. The van der Waals surface area contributed by atoms with Crippen LogP contribution in [-0.4, -0.2) is 45.5 Å². The average molecular weight is 431 g/mol. The maximum atomic E-state index is 13.7. The van der Waals surface area contributed by atoms with Crippen LogP contribution in [0.5, 0.6) is 5.75 Å². The Labute approximate surface area is 176 Å². The van der Waals surface area contributed by atoms with E-state index in [-0.39, 0.29) is 41.8 Å². The molecule has 3 rings (SSSR count). The SMILES string of the molecule is CCC(=O)N(C)CCOc1ccc(-c2cc3c(ncn3C)c(C#N)n2)cc1C(F)(F)F. The van der Waals surface area contributed by atoms with Gasteiger partial charge in [-0.3, -0.25) is 4.79 Å². The third-order valence-electron chi connectivity index (χ3n) is 4.81. The van der Waals surface area contributed by atoms with Crippen LogP contribution >= 0.6 is 0 Å². The van der Waals surface area contributed by atoms with E-state index in [1.54, 1.807) is 31.7 Å². The first-order valence-electron chi connectivity index (χ1n) is 9.46. The van der Waals surface area contributed by atoms with E-state index in [0.29, 0.717) is 17.5 Å². The van der Waals surface area contributed by atoms with E-state index in [9.17, 15) is 23.2 Å². The molecule has 0 bridgehead atoms. The van der Waals surface area contributed by atoms with Crippen LogP contribution in [0, 0.1) is 11.3 Å². The van der Waals surface area contributed by atoms with Gasteiger partial charge in [-0.05, 0) is 24.3 Å². The zero-order valence-corrected chi connectivity index (χ0v) is 17.2. The molecule has 0 aliphatic rings. The lowest BCUT2D eigenvalue weighted by Gasteiger charge is -2.19. The van der Waals surface area contributed by atoms with Crippen LogP contribution in [0.25, 0.3) is 22.3 Å². The quantitative estimate of drug-likeness (QED) is 0.593. The highest BCUT2D eigenvalue weighted by molar-refractivity contribution is 5.84. The van der Waals surface area contributed by atoms with Gasteiger partial charge >= 0.3 is 6.18 Å². The third kappa shape index (κ3) is 4.60. The number of nitrogens with zero attached hydrogens (tertiary/aromatic N) is 5. The Morgan fingerprint density at radius 2 is 2.06 bits per heavy atom. The number of imidazole rings is 1. The number of benzene rings is 1. The molecule has 0 radical (unpaired) electrons. The van der Waals surface area contributed by atoms with Crippen LogP contribution in [0.1, 0.15) is 24.6 Å². The molecular formula is C21H20F3N5O2. The van der Waals surface area contributed by atoms with Gasteiger partial charge in [0.1, 0.15) is 23.9 Å². The fourth-order valence-corrected chi connectivity index (χ4v) is 3.08. The van der Waals surface area contributed by atoms with E-state index in [4.69, 9.17) is 4.74 Å². The molecule has 2 heterocycles. The van der Waals surface area contributed by atoms with Crippen molar-refractivity contribution in [1.82, 2.24) is 19.4 Å². The van der Waals surface area contributed by atoms with Gasteiger partial charge in [-0.25, -0.2) is 9.97 Å². The molecule has 1 aromatic carbocycles. The highest BCUT2D eigenvalue weighted by Gasteiger charge is 2.35. The number of alkyl halides is 3. The van der Waals surface area contributed by atoms with Crippen molar-refractivity contribution < 1.29 is 22.7 Å². The largest absolute Gasteiger partial charge is 0.491 e. The number of fused-ring (bicyclic) bond motifs is 1. The van der Waals surface area contributed by atoms with Crippen LogP contribution in [-0.2, 0) is 18.0 Å². The molecule has 0 aliphatic carbocycles. The molecular weight excluding hydrogens is 411 g/mol. The molecule has 2 aromatic heterocycles. The number of likely N-dealkylation sites (N-methyl/N-ethyl adjacent to an activating group) is 1. The number of carbonyl (C=O) groups is 1. The molecule has 1 amide bonds. The van der Waals surface area contributed by atoms with Crippen molar-refractivity contribution in [3.63, 3.8) is 0 Å². The summed E-state index contributed by atoms with van der Waals surface area (Å²) in [6, 6.07) is 7.15. The van der Waals surface area contributed by atoms with Crippen molar-refractivity contribution in [1.29, 1.82) is 5.26 Å². The molecule has 162 valence electrons. The van der Waals surface area contributed by atoms with Crippen LogP contribution < -0.4 is 4.74 Å². The third-order valence-corrected chi connectivity index (χ3v) is 4.81. The number of hydrogen-bond donors (Lipinski definition) is 0. The number of halogens is 3. The van der Waals surface area contributed by atoms with Crippen molar-refractivity contribution >= 4 is 16.9 Å². The summed E-state index contributed by atoms with van der Waals surface area (Å²) in [5.74, 6) is -0.462. The van der Waals surface area contributed by atoms with Gasteiger partial charge in [0.05, 0.1) is 29.6 Å². The van der Waals surface area contributed by atoms with E-state index in [0.717, 1.165) is 6.07 Å². The van der Waals surface area contributed by atoms with Gasteiger partial charge in [0, 0.05) is 26.1 Å². The van der Waals surface area contributed by atoms with Crippen molar-refractivity contribution in [2.45, 2.75) is 19.5 Å². The van der Waals surface area contributed by atoms with E-state index < -0.39 is 11.7 Å². The number of pyridine rings is 1. The minimum absolute atomic E-state index is 0.0330. The normalized spacial score (nSPS) is 11.4. The number of hydrogen-bond acceptors (Lipinski definition) is 5. The highest BCUT2D eigenvalue weighted by Crippen LogP contribution is 2.39. The number of aryl methyl sites for hydroxylation is 1. The summed E-state index contributed by atoms with van der Waals surface area (Å²) in [7, 11) is 3.29. The second kappa shape index (κ2) is 8.63. The van der Waals surface area contributed by atoms with E-state index >= 15 is 0 Å². The summed E-state index contributed by atoms with van der Waals surface area (Å²) in [5, 5.41) is 9.35. The molecule has 0 N–H and O–H groups in total. The Bertz CT molecular complexity index is 1160. The van der Waals surface area contributed by atoms with E-state index in [2.05, 4.69) is 9.97 Å². The zero-order chi connectivity index (χ0) is 22.8. The monoisotopic (exact) mass is 431 g/mol. The molecule has 3 aromatic rings. The van der Waals surface area contributed by atoms with E-state index in [1.165, 1.54) is 23.4 Å². The Balaban J connectivity index is 1.95. The highest BCUT2D eigenvalue weighted by atomic mass is 19.4. The van der Waals surface area contributed by atoms with Gasteiger partial charge in [0.15, 0.2) is 5.69 Å². The summed E-state index contributed by atoms with van der Waals surface area (Å²) >= 11 is 0. The maximum absolute atomic E-state index is 13.7. The first kappa shape index (κ1) is 22.1. The first-order valence-corrected chi connectivity index (χ1v) is 9.46. The second-order valence-corrected chi connectivity index (χ2v) is 6.92. The number of nitriles is 1. The van der Waals surface area contributed by atoms with Gasteiger partial charge in [0.2, 0.25) is 5.91 Å². The summed E-state index contributed by atoms with van der Waals surface area (Å²) in [6.07, 6.45) is -2.85. The zero-order valence-electron chi connectivity index (χ0n) is 17.2. The first-order chi connectivity index (χ1) is 14.7. The number of carbonyl (C=O) groups excluding carboxylic acids is 1. The number of ether oxygens (including phenoxy) is 1. The van der Waals surface area contributed by atoms with Gasteiger partial charge < -0.3 is 14.2 Å². The number of amides is 1. The predicted octanol–water partition coefficient (Wildman–Crippen LogP) is 3.77. The molecule has 0 atom stereocenters. The summed E-state index contributed by atoms with van der Waals surface area (Å²) in [6.45, 7) is 1.78. The smallest absolute Gasteiger partial charge is 0.419 e. The van der Waals surface area contributed by atoms with Crippen LogP contribution in [0.4, 0.5) is 13.2 Å². The molecule has 0 aliphatic heterocycles. The van der Waals surface area contributed by atoms with Crippen molar-refractivity contribution in [2.24, 2.45) is 7.05 Å². The van der Waals surface area contributed by atoms with Gasteiger partial charge in [-0.1, -0.05) is 6.92 Å². The van der Waals surface area contributed by atoms with Crippen molar-refractivity contribution in [2.75, 3.05) is 20.2 Å². The fraction of sp³-hybridized carbons (Fsp3) is 0.333. The minimum Gasteiger partial charge on any atom is -0.491 e. The van der Waals surface area contributed by atoms with Gasteiger partial charge in [-0.2, -0.15) is 18.4 Å². The molecule has 0 spiro atoms. The average Bonchev–Trinajstić information content (AvgIpc) is 3.12. The lowest BCUT2D eigenvalue weighted by molar-refractivity contribution is -0.139. The van der Waals surface area contributed by atoms with Crippen LogP contribution in [0.15, 0.2) is 30.6 Å². The van der Waals surface area contributed by atoms with Gasteiger partial charge in [-0.15, -0.1) is 0 Å². The Morgan fingerprint density at radius 1 is 1.32 bits per heavy atom. The summed E-state index contributed by atoms with van der Waals surface area (Å²) in [4.78, 5) is 21.3. The standard InChI is InChI=1S/C21H20F3N5O2/c1-4-19(30)28(2)7-8-31-18-6-5-13(9-14(18)21(22,23)24)15-10-17-20(16(11-25)27-15)26-12-29(17)3/h5-6,9-10,12H,4,7-8H2,1-3H3. The predicted molar refractivity (Wildman–Crippen MR) is 107 cm³/mol. The van der Waals surface area contributed by atoms with Crippen LogP contribution in [0.3, 0.4) is 0 Å². The van der Waals surface area contributed by atoms with Crippen LogP contribution in [0.2, 0.25) is 0 Å². The lowest BCUT2D eigenvalue weighted by Crippen LogP contribution is -2.30. The van der Waals surface area contributed by atoms with Crippen molar-refractivity contribution in [3.05, 3.63) is 41.9 Å². The Kier molecular flexibility index (Phi) is 6.15. The summed E-state index contributed by atoms with van der Waals surface area (Å²) in [5.41, 5.74) is 0.454. The topological polar surface area (TPSA) is 84.0 Å². The fourth-order valence-electron chi connectivity index (χ4n) is 3.08. The number of rotatable bonds is 6. The van der Waals surface area contributed by atoms with Crippen molar-refractivity contribution in [3.8, 4) is 23.1 Å². The Hall–Kier alpha value is -3.61. The van der Waals surface area contributed by atoms with Gasteiger partial charge in [0.25, 0.3) is 0 Å². The van der Waals surface area contributed by atoms with E-state index in [1.807, 2.05) is 6.07 Å². The number of aromatic nitrogens is 3. The molecule has 31 heavy (non-hydrogen) atoms. The lowest BCUT2D eigenvalue weighted by atomic mass is 10.1. The molecule has 0 saturated heterocycles. The molecule has 0 fully saturated rings. The molecule has 10 heteroatoms. The summed E-state index contributed by atoms with van der Waals surface area (Å²) < 4.78 is 48.1. The minimum atomic E-state index is -4.66.